The zero-order chi connectivity index (χ0) is 34.7. The van der Waals surface area contributed by atoms with Crippen LogP contribution in [-0.2, 0) is 37.0 Å². The maximum absolute atomic E-state index is 13.1. The zero-order valence-electron chi connectivity index (χ0n) is 26.9. The van der Waals surface area contributed by atoms with Crippen molar-refractivity contribution in [3.63, 3.8) is 0 Å². The lowest BCUT2D eigenvalue weighted by Crippen LogP contribution is -2.24. The normalized spacial score (nSPS) is 13.0. The van der Waals surface area contributed by atoms with E-state index in [1.165, 1.54) is 87.6 Å². The summed E-state index contributed by atoms with van der Waals surface area (Å²) in [5.74, 6) is -1.82. The first-order valence-corrected chi connectivity index (χ1v) is 21.3. The lowest BCUT2D eigenvalue weighted by Gasteiger charge is -2.10. The zero-order valence-corrected chi connectivity index (χ0v) is 30.1. The molecule has 3 aromatic rings. The first-order valence-electron chi connectivity index (χ1n) is 15.9. The Bertz CT molecular complexity index is 1910. The minimum Gasteiger partial charge on any atom is -0.478 e. The van der Waals surface area contributed by atoms with Gasteiger partial charge in [-0.05, 0) is 42.8 Å². The Morgan fingerprint density at radius 1 is 0.787 bits per heavy atom. The molecule has 1 aromatic heterocycles. The van der Waals surface area contributed by atoms with E-state index in [2.05, 4.69) is 12.0 Å². The van der Waals surface area contributed by atoms with Crippen molar-refractivity contribution in [2.24, 2.45) is 12.1 Å². The predicted octanol–water partition coefficient (Wildman–Crippen LogP) is 6.23. The molecule has 0 bridgehead atoms. The number of aromatic carboxylic acids is 1. The van der Waals surface area contributed by atoms with Crippen molar-refractivity contribution in [3.8, 4) is 0 Å². The molecule has 0 aliphatic heterocycles. The summed E-state index contributed by atoms with van der Waals surface area (Å²) in [5.41, 5.74) is -0.284. The van der Waals surface area contributed by atoms with Crippen molar-refractivity contribution in [2.75, 3.05) is 5.75 Å². The van der Waals surface area contributed by atoms with E-state index in [1.54, 1.807) is 0 Å². The van der Waals surface area contributed by atoms with Crippen molar-refractivity contribution >= 4 is 57.5 Å². The number of hydrogen-bond donors (Lipinski definition) is 3. The molecule has 0 amide bonds. The first kappa shape index (κ1) is 38.7. The van der Waals surface area contributed by atoms with Gasteiger partial charge in [-0.2, -0.15) is 21.7 Å². The smallest absolute Gasteiger partial charge is 0.337 e. The Balaban J connectivity index is 1.57. The third-order valence-corrected chi connectivity index (χ3v) is 13.0. The molecule has 47 heavy (non-hydrogen) atoms. The van der Waals surface area contributed by atoms with Gasteiger partial charge in [-0.25, -0.2) is 13.2 Å². The Morgan fingerprint density at radius 2 is 1.32 bits per heavy atom. The molecule has 3 N–H and O–H groups in total. The molecule has 1 heterocycles. The molecule has 0 aliphatic rings. The Kier molecular flexibility index (Phi) is 14.4. The molecule has 16 heteroatoms. The number of carboxylic acids is 1. The predicted molar refractivity (Wildman–Crippen MR) is 182 cm³/mol. The van der Waals surface area contributed by atoms with Gasteiger partial charge in [0, 0.05) is 7.05 Å². The van der Waals surface area contributed by atoms with Gasteiger partial charge in [-0.3, -0.25) is 4.55 Å². The summed E-state index contributed by atoms with van der Waals surface area (Å²) in [6, 6.07) is 6.66. The van der Waals surface area contributed by atoms with Gasteiger partial charge in [0.25, 0.3) is 20.1 Å². The highest BCUT2D eigenvalue weighted by atomic mass is 32.2. The largest absolute Gasteiger partial charge is 0.478 e. The molecule has 0 atom stereocenters. The highest BCUT2D eigenvalue weighted by molar-refractivity contribution is 7.91. The topological polar surface area (TPSA) is 189 Å². The van der Waals surface area contributed by atoms with Crippen LogP contribution in [0.1, 0.15) is 107 Å². The lowest BCUT2D eigenvalue weighted by molar-refractivity contribution is 0.0692. The van der Waals surface area contributed by atoms with E-state index < -0.39 is 51.3 Å². The second-order valence-corrected chi connectivity index (χ2v) is 17.8. The van der Waals surface area contributed by atoms with Gasteiger partial charge in [-0.15, -0.1) is 5.10 Å². The van der Waals surface area contributed by atoms with Crippen LogP contribution in [0.15, 0.2) is 56.2 Å². The number of unbranched alkanes of at least 4 members (excludes halogenated alkanes) is 13. The highest BCUT2D eigenvalue weighted by Gasteiger charge is 2.25. The Morgan fingerprint density at radius 3 is 1.85 bits per heavy atom. The molecular weight excluding hydrogens is 687 g/mol. The van der Waals surface area contributed by atoms with Crippen LogP contribution in [0, 0.1) is 0 Å². The van der Waals surface area contributed by atoms with Crippen molar-refractivity contribution in [2.45, 2.75) is 112 Å². The minimum atomic E-state index is -4.46. The third-order valence-electron chi connectivity index (χ3n) is 7.93. The second-order valence-electron chi connectivity index (χ2n) is 11.6. The Labute approximate surface area is 281 Å². The fourth-order valence-corrected chi connectivity index (χ4v) is 9.15. The van der Waals surface area contributed by atoms with Crippen LogP contribution in [0.5, 0.6) is 0 Å². The first-order chi connectivity index (χ1) is 22.2. The average molecular weight is 732 g/mol. The van der Waals surface area contributed by atoms with Crippen LogP contribution >= 0.6 is 11.3 Å². The number of fused-ring (bicyclic) bond motifs is 1. The van der Waals surface area contributed by atoms with Gasteiger partial charge < -0.3 is 9.67 Å². The monoisotopic (exact) mass is 731 g/mol. The van der Waals surface area contributed by atoms with E-state index in [1.807, 2.05) is 4.83 Å². The van der Waals surface area contributed by atoms with Crippen LogP contribution < -0.4 is 9.63 Å². The number of nitrogens with zero attached hydrogens (tertiary/aromatic N) is 2. The van der Waals surface area contributed by atoms with Crippen molar-refractivity contribution in [1.29, 1.82) is 0 Å². The van der Waals surface area contributed by atoms with Gasteiger partial charge >= 0.3 is 5.97 Å². The maximum Gasteiger partial charge on any atom is 0.337 e. The lowest BCUT2D eigenvalue weighted by atomic mass is 10.0. The summed E-state index contributed by atoms with van der Waals surface area (Å²) in [6.45, 7) is 2.22. The van der Waals surface area contributed by atoms with Gasteiger partial charge in [0.2, 0.25) is 4.80 Å². The maximum atomic E-state index is 13.1. The van der Waals surface area contributed by atoms with Crippen LogP contribution in [0.3, 0.4) is 0 Å². The number of carbonyl (C=O) groups is 1. The fraction of sp³-hybridized carbons (Fsp3) is 0.548. The molecule has 0 saturated carbocycles. The van der Waals surface area contributed by atoms with Crippen molar-refractivity contribution in [1.82, 2.24) is 9.40 Å². The van der Waals surface area contributed by atoms with Crippen molar-refractivity contribution < 1.29 is 39.7 Å². The molecule has 0 fully saturated rings. The summed E-state index contributed by atoms with van der Waals surface area (Å²) in [7, 11) is -11.4. The molecule has 3 rings (SSSR count). The number of rotatable bonds is 21. The number of hydrogen-bond acceptors (Lipinski definition) is 9. The fourth-order valence-electron chi connectivity index (χ4n) is 5.24. The molecule has 2 aromatic carbocycles. The number of carboxylic acid groups (broad SMARTS) is 1. The highest BCUT2D eigenvalue weighted by Crippen LogP contribution is 2.24. The number of benzene rings is 2. The molecule has 0 unspecified atom stereocenters. The number of aryl methyl sites for hydroxylation is 1. The SMILES string of the molecule is CCCCCCCCCCCCCCCCS(=O)(=O)c1ccc(S(=O)(=O)N/N=c2/sc3ccc(S(=O)(=O)O)cc3n2C)cc1C(=O)O. The number of aromatic nitrogens is 1. The van der Waals surface area contributed by atoms with E-state index in [0.717, 1.165) is 48.8 Å². The van der Waals surface area contributed by atoms with E-state index in [-0.39, 0.29) is 15.4 Å². The van der Waals surface area contributed by atoms with Gasteiger partial charge in [0.1, 0.15) is 0 Å². The third kappa shape index (κ3) is 11.4. The summed E-state index contributed by atoms with van der Waals surface area (Å²) in [4.78, 5) is 12.9. The standard InChI is InChI=1S/C31H45N3O9S4/c1-3-4-5-6-7-8-9-10-11-12-13-14-15-16-21-45(37,38)29-20-18-24(22-26(29)30(35)36)46(39,40)33-32-31-34(2)27-23-25(47(41,42)43)17-19-28(27)44-31/h17-20,22-23,33H,3-16,21H2,1-2H3,(H,35,36)(H,41,42,43)/b32-31+. The van der Waals surface area contributed by atoms with Gasteiger partial charge in [0.15, 0.2) is 9.84 Å². The molecule has 0 spiro atoms. The van der Waals surface area contributed by atoms with Gasteiger partial charge in [0.05, 0.1) is 36.2 Å². The van der Waals surface area contributed by atoms with Crippen LogP contribution in [0.25, 0.3) is 10.2 Å². The summed E-state index contributed by atoms with van der Waals surface area (Å²) >= 11 is 1.03. The number of sulfonamides is 1. The van der Waals surface area contributed by atoms with Gasteiger partial charge in [-0.1, -0.05) is 102 Å². The molecule has 0 radical (unpaired) electrons. The summed E-state index contributed by atoms with van der Waals surface area (Å²) < 4.78 is 86.4. The van der Waals surface area contributed by atoms with E-state index >= 15 is 0 Å². The van der Waals surface area contributed by atoms with Crippen LogP contribution in [-0.4, -0.2) is 51.2 Å². The van der Waals surface area contributed by atoms with Crippen LogP contribution in [0.4, 0.5) is 0 Å². The average Bonchev–Trinajstić information content (AvgIpc) is 3.34. The summed E-state index contributed by atoms with van der Waals surface area (Å²) in [6.07, 6.45) is 15.6. The second kappa shape index (κ2) is 17.6. The van der Waals surface area contributed by atoms with Crippen molar-refractivity contribution in [3.05, 3.63) is 46.8 Å². The van der Waals surface area contributed by atoms with E-state index in [0.29, 0.717) is 23.1 Å². The number of sulfone groups is 1. The quantitative estimate of drug-likeness (QED) is 0.0648. The van der Waals surface area contributed by atoms with E-state index in [4.69, 9.17) is 0 Å². The molecule has 0 aliphatic carbocycles. The molecule has 12 nitrogen and oxygen atoms in total. The van der Waals surface area contributed by atoms with E-state index in [9.17, 15) is 39.7 Å². The molecular formula is C31H45N3O9S4. The molecule has 262 valence electrons. The number of nitrogens with one attached hydrogen (secondary N) is 1. The van der Waals surface area contributed by atoms with Crippen LogP contribution in [0.2, 0.25) is 0 Å². The minimum absolute atomic E-state index is 0.127. The molecule has 0 saturated heterocycles. The Hall–Kier alpha value is -2.79. The number of thiazole rings is 1. The summed E-state index contributed by atoms with van der Waals surface area (Å²) in [5, 5.41) is 13.6.